The van der Waals surface area contributed by atoms with Crippen LogP contribution in [0.15, 0.2) is 53.4 Å². The number of hydrogen-bond donors (Lipinski definition) is 0. The second-order valence-corrected chi connectivity index (χ2v) is 9.20. The van der Waals surface area contributed by atoms with Crippen LogP contribution in [0.2, 0.25) is 0 Å². The van der Waals surface area contributed by atoms with Gasteiger partial charge in [0, 0.05) is 17.1 Å². The number of alkyl halides is 16. The molecule has 0 aliphatic carbocycles. The van der Waals surface area contributed by atoms with Crippen molar-refractivity contribution in [3.05, 3.63) is 59.7 Å². The van der Waals surface area contributed by atoms with Gasteiger partial charge in [-0.15, -0.1) is 11.8 Å². The summed E-state index contributed by atoms with van der Waals surface area (Å²) < 4.78 is 213. The van der Waals surface area contributed by atoms with Gasteiger partial charge in [-0.25, -0.2) is 4.79 Å². The number of hydrogen-bond acceptors (Lipinski definition) is 3. The first-order valence-electron chi connectivity index (χ1n) is 10.4. The average Bonchev–Trinajstić information content (AvgIpc) is 2.83. The highest BCUT2D eigenvalue weighted by molar-refractivity contribution is 7.99. The lowest BCUT2D eigenvalue weighted by Crippen LogP contribution is -2.70. The molecule has 0 atom stereocenters. The zero-order valence-corrected chi connectivity index (χ0v) is 20.1. The van der Waals surface area contributed by atoms with Crippen LogP contribution in [0, 0.1) is 0 Å². The number of carbonyl (C=O) groups is 1. The largest absolute Gasteiger partial charge is 0.460 e. The summed E-state index contributed by atoms with van der Waals surface area (Å²) >= 11 is 0.187. The van der Waals surface area contributed by atoms with Crippen molar-refractivity contribution in [2.24, 2.45) is 0 Å². The minimum atomic E-state index is -7.97. The van der Waals surface area contributed by atoms with Gasteiger partial charge in [-0.2, -0.15) is 70.2 Å². The molecule has 0 saturated carbocycles. The SMILES string of the molecule is O=C(Oc1ccc(C(F)(F)F)cc1)c1ccc(SCCC(F)(F)C(F)(F)C(F)(F)C(F)(F)C(F)(F)C(F)(F)F)cc1. The smallest absolute Gasteiger partial charge is 0.423 e. The molecule has 41 heavy (non-hydrogen) atoms. The van der Waals surface area contributed by atoms with Crippen LogP contribution in [0.3, 0.4) is 0 Å². The molecule has 0 saturated heterocycles. The van der Waals surface area contributed by atoms with Crippen LogP contribution in [-0.4, -0.2) is 47.5 Å². The van der Waals surface area contributed by atoms with Crippen LogP contribution in [0.4, 0.5) is 70.2 Å². The van der Waals surface area contributed by atoms with Crippen LogP contribution >= 0.6 is 11.8 Å². The molecule has 0 aliphatic rings. The van der Waals surface area contributed by atoms with Crippen molar-refractivity contribution in [2.75, 3.05) is 5.75 Å². The van der Waals surface area contributed by atoms with Crippen LogP contribution in [0.1, 0.15) is 22.3 Å². The number of carbonyl (C=O) groups excluding carboxylic acids is 1. The zero-order chi connectivity index (χ0) is 31.9. The Balaban J connectivity index is 2.07. The molecule has 0 aromatic heterocycles. The predicted molar refractivity (Wildman–Crippen MR) is 109 cm³/mol. The molecular weight excluding hydrogens is 632 g/mol. The molecular formula is C22H12F16O2S. The first-order chi connectivity index (χ1) is 18.3. The molecule has 0 amide bonds. The second kappa shape index (κ2) is 11.1. The van der Waals surface area contributed by atoms with E-state index in [2.05, 4.69) is 0 Å². The van der Waals surface area contributed by atoms with Gasteiger partial charge in [0.1, 0.15) is 5.75 Å². The Morgan fingerprint density at radius 2 is 1.07 bits per heavy atom. The van der Waals surface area contributed by atoms with E-state index in [0.29, 0.717) is 12.1 Å². The monoisotopic (exact) mass is 644 g/mol. The summed E-state index contributed by atoms with van der Waals surface area (Å²) in [5, 5.41) is 0. The zero-order valence-electron chi connectivity index (χ0n) is 19.3. The molecule has 2 rings (SSSR count). The van der Waals surface area contributed by atoms with E-state index in [1.807, 2.05) is 0 Å². The third-order valence-corrected chi connectivity index (χ3v) is 6.18. The topological polar surface area (TPSA) is 26.3 Å². The Bertz CT molecular complexity index is 1200. The number of halogens is 16. The van der Waals surface area contributed by atoms with Gasteiger partial charge in [0.25, 0.3) is 0 Å². The van der Waals surface area contributed by atoms with E-state index >= 15 is 0 Å². The summed E-state index contributed by atoms with van der Waals surface area (Å²) in [6.45, 7) is 0. The fraction of sp³-hybridized carbons (Fsp3) is 0.409. The summed E-state index contributed by atoms with van der Waals surface area (Å²) in [4.78, 5) is 12.0. The van der Waals surface area contributed by atoms with Crippen molar-refractivity contribution in [2.45, 2.75) is 53.3 Å². The Labute approximate surface area is 222 Å². The van der Waals surface area contributed by atoms with Crippen LogP contribution < -0.4 is 4.74 Å². The molecule has 19 heteroatoms. The van der Waals surface area contributed by atoms with Gasteiger partial charge in [-0.3, -0.25) is 0 Å². The second-order valence-electron chi connectivity index (χ2n) is 8.03. The lowest BCUT2D eigenvalue weighted by atomic mass is 9.93. The Kier molecular flexibility index (Phi) is 9.29. The van der Waals surface area contributed by atoms with Gasteiger partial charge in [0.2, 0.25) is 0 Å². The quantitative estimate of drug-likeness (QED) is 0.112. The lowest BCUT2D eigenvalue weighted by molar-refractivity contribution is -0.439. The number of benzene rings is 2. The maximum Gasteiger partial charge on any atom is 0.460 e. The molecule has 2 aromatic rings. The third-order valence-electron chi connectivity index (χ3n) is 5.17. The predicted octanol–water partition coefficient (Wildman–Crippen LogP) is 9.15. The number of ether oxygens (including phenoxy) is 1. The lowest BCUT2D eigenvalue weighted by Gasteiger charge is -2.39. The Morgan fingerprint density at radius 3 is 1.51 bits per heavy atom. The molecule has 0 radical (unpaired) electrons. The minimum absolute atomic E-state index is 0.129. The van der Waals surface area contributed by atoms with Gasteiger partial charge in [0.15, 0.2) is 0 Å². The van der Waals surface area contributed by atoms with E-state index in [1.165, 1.54) is 0 Å². The van der Waals surface area contributed by atoms with E-state index in [1.54, 1.807) is 0 Å². The molecule has 0 bridgehead atoms. The van der Waals surface area contributed by atoms with E-state index in [0.717, 1.165) is 36.4 Å². The molecule has 0 fully saturated rings. The molecule has 0 N–H and O–H groups in total. The van der Waals surface area contributed by atoms with Gasteiger partial charge in [0.05, 0.1) is 11.1 Å². The summed E-state index contributed by atoms with van der Waals surface area (Å²) in [6.07, 6.45) is -14.5. The summed E-state index contributed by atoms with van der Waals surface area (Å²) in [5.74, 6) is -39.9. The van der Waals surface area contributed by atoms with E-state index in [-0.39, 0.29) is 28.0 Å². The minimum Gasteiger partial charge on any atom is -0.423 e. The van der Waals surface area contributed by atoms with Crippen molar-refractivity contribution in [3.8, 4) is 5.75 Å². The highest BCUT2D eigenvalue weighted by atomic mass is 32.2. The fourth-order valence-electron chi connectivity index (χ4n) is 2.82. The van der Waals surface area contributed by atoms with E-state index in [9.17, 15) is 75.0 Å². The molecule has 0 aliphatic heterocycles. The molecule has 2 aromatic carbocycles. The Morgan fingerprint density at radius 1 is 0.610 bits per heavy atom. The standard InChI is InChI=1S/C22H12F16O2S/c23-16(24,18(28,29)19(30,31)20(32,33)21(34,35)22(36,37)38)9-10-41-14-7-1-11(2-8-14)15(39)40-13-5-3-12(4-6-13)17(25,26)27/h1-8H,9-10H2. The van der Waals surface area contributed by atoms with Crippen LogP contribution in [0.25, 0.3) is 0 Å². The maximum absolute atomic E-state index is 13.9. The van der Waals surface area contributed by atoms with Crippen molar-refractivity contribution in [1.29, 1.82) is 0 Å². The van der Waals surface area contributed by atoms with Crippen LogP contribution in [0.5, 0.6) is 5.75 Å². The molecule has 230 valence electrons. The first kappa shape index (κ1) is 34.3. The van der Waals surface area contributed by atoms with Gasteiger partial charge >= 0.3 is 47.9 Å². The highest BCUT2D eigenvalue weighted by Crippen LogP contribution is 2.60. The van der Waals surface area contributed by atoms with Gasteiger partial charge in [-0.05, 0) is 48.5 Å². The highest BCUT2D eigenvalue weighted by Gasteiger charge is 2.90. The summed E-state index contributed by atoms with van der Waals surface area (Å²) in [6, 6.07) is 6.72. The van der Waals surface area contributed by atoms with E-state index in [4.69, 9.17) is 4.74 Å². The number of thioether (sulfide) groups is 1. The van der Waals surface area contributed by atoms with E-state index < -0.39 is 65.7 Å². The van der Waals surface area contributed by atoms with Crippen molar-refractivity contribution in [3.63, 3.8) is 0 Å². The molecule has 0 unspecified atom stereocenters. The van der Waals surface area contributed by atoms with Gasteiger partial charge < -0.3 is 4.74 Å². The van der Waals surface area contributed by atoms with Crippen LogP contribution in [-0.2, 0) is 6.18 Å². The molecule has 0 spiro atoms. The normalized spacial score (nSPS) is 14.2. The maximum atomic E-state index is 13.9. The van der Waals surface area contributed by atoms with Crippen molar-refractivity contribution in [1.82, 2.24) is 0 Å². The molecule has 0 heterocycles. The number of esters is 1. The Hall–Kier alpha value is -2.86. The average molecular weight is 644 g/mol. The van der Waals surface area contributed by atoms with Crippen molar-refractivity contribution >= 4 is 17.7 Å². The summed E-state index contributed by atoms with van der Waals surface area (Å²) in [7, 11) is 0. The third kappa shape index (κ3) is 6.63. The fourth-order valence-corrected chi connectivity index (χ4v) is 3.74. The first-order valence-corrected chi connectivity index (χ1v) is 11.4. The van der Waals surface area contributed by atoms with Crippen molar-refractivity contribution < 1.29 is 79.8 Å². The van der Waals surface area contributed by atoms with Gasteiger partial charge in [-0.1, -0.05) is 0 Å². The summed E-state index contributed by atoms with van der Waals surface area (Å²) in [5.41, 5.74) is -1.31. The molecule has 2 nitrogen and oxygen atoms in total. The number of rotatable bonds is 10.